The Labute approximate surface area is 138 Å². The predicted molar refractivity (Wildman–Crippen MR) is 98.5 cm³/mol. The zero-order chi connectivity index (χ0) is 17.0. The number of hydrogen-bond acceptors (Lipinski definition) is 4. The summed E-state index contributed by atoms with van der Waals surface area (Å²) in [6.45, 7) is 7.82. The van der Waals surface area contributed by atoms with Gasteiger partial charge in [-0.2, -0.15) is 0 Å². The minimum atomic E-state index is 0.0880. The molecule has 0 amide bonds. The summed E-state index contributed by atoms with van der Waals surface area (Å²) in [6.07, 6.45) is 3.82. The molecule has 0 atom stereocenters. The van der Waals surface area contributed by atoms with Crippen molar-refractivity contribution in [2.45, 2.75) is 59.8 Å². The second kappa shape index (κ2) is 27.1. The van der Waals surface area contributed by atoms with Crippen LogP contribution in [0.15, 0.2) is 0 Å². The van der Waals surface area contributed by atoms with Gasteiger partial charge in [-0.3, -0.25) is 0 Å². The maximum atomic E-state index is 8.09. The third kappa shape index (κ3) is 83.8. The van der Waals surface area contributed by atoms with Crippen molar-refractivity contribution in [3.63, 3.8) is 0 Å². The summed E-state index contributed by atoms with van der Waals surface area (Å²) >= 11 is 12.8. The Balaban J connectivity index is -0.0000000853. The first-order valence-electron chi connectivity index (χ1n) is 6.49. The van der Waals surface area contributed by atoms with E-state index in [2.05, 4.69) is 43.6 Å². The lowest BCUT2D eigenvalue weighted by molar-refractivity contribution is 0.287. The molecule has 7 heteroatoms. The Morgan fingerprint density at radius 1 is 0.700 bits per heavy atom. The third-order valence-corrected chi connectivity index (χ3v) is 2.29. The highest BCUT2D eigenvalue weighted by Gasteiger charge is 1.75. The van der Waals surface area contributed by atoms with E-state index in [0.717, 1.165) is 12.8 Å². The molecule has 0 aliphatic rings. The van der Waals surface area contributed by atoms with Gasteiger partial charge in [0.25, 0.3) is 0 Å². The van der Waals surface area contributed by atoms with E-state index in [0.29, 0.717) is 25.9 Å². The average Bonchev–Trinajstić information content (AvgIpc) is 2.41. The molecule has 0 unspecified atom stereocenters. The quantitative estimate of drug-likeness (QED) is 0.542. The van der Waals surface area contributed by atoms with Crippen molar-refractivity contribution in [1.29, 1.82) is 0 Å². The van der Waals surface area contributed by atoms with Crippen LogP contribution in [0.2, 0.25) is 0 Å². The zero-order valence-electron chi connectivity index (χ0n) is 12.8. The average molecular weight is 345 g/mol. The number of aliphatic hydroxyl groups excluding tert-OH is 4. The van der Waals surface area contributed by atoms with Gasteiger partial charge in [0.05, 0.1) is 0 Å². The first-order chi connectivity index (χ1) is 9.22. The molecule has 4 nitrogen and oxygen atoms in total. The molecule has 0 aliphatic heterocycles. The SMILES string of the molecule is CCC(O)=S.CCC(O)=S.CCC(O)=S.CCCCO. The molecule has 0 fully saturated rings. The fourth-order valence-electron chi connectivity index (χ4n) is 0.158. The largest absolute Gasteiger partial charge is 0.502 e. The second-order valence-electron chi connectivity index (χ2n) is 3.32. The fourth-order valence-corrected chi connectivity index (χ4v) is 0.158. The highest BCUT2D eigenvalue weighted by atomic mass is 32.1. The van der Waals surface area contributed by atoms with Crippen LogP contribution in [0.5, 0.6) is 0 Å². The molecule has 0 spiro atoms. The summed E-state index contributed by atoms with van der Waals surface area (Å²) in [5.41, 5.74) is 0. The van der Waals surface area contributed by atoms with E-state index in [1.165, 1.54) is 0 Å². The summed E-state index contributed by atoms with van der Waals surface area (Å²) in [4.78, 5) is 0. The van der Waals surface area contributed by atoms with E-state index in [-0.39, 0.29) is 15.2 Å². The monoisotopic (exact) mass is 344 g/mol. The summed E-state index contributed by atoms with van der Waals surface area (Å²) in [5, 5.41) is 32.6. The maximum absolute atomic E-state index is 8.09. The Morgan fingerprint density at radius 3 is 0.900 bits per heavy atom. The van der Waals surface area contributed by atoms with Gasteiger partial charge < -0.3 is 20.4 Å². The second-order valence-corrected chi connectivity index (χ2v) is 4.73. The predicted octanol–water partition coefficient (Wildman–Crippen LogP) is 4.62. The van der Waals surface area contributed by atoms with Crippen LogP contribution in [0.25, 0.3) is 0 Å². The van der Waals surface area contributed by atoms with Crippen LogP contribution >= 0.6 is 36.7 Å². The number of rotatable bonds is 5. The lowest BCUT2D eigenvalue weighted by atomic mass is 10.4. The van der Waals surface area contributed by atoms with Gasteiger partial charge in [-0.1, -0.05) is 34.1 Å². The number of thiocarbonyl (C=S) groups is 3. The first-order valence-corrected chi connectivity index (χ1v) is 7.71. The van der Waals surface area contributed by atoms with E-state index in [4.69, 9.17) is 20.4 Å². The lowest BCUT2D eigenvalue weighted by Gasteiger charge is -1.79. The first kappa shape index (κ1) is 27.9. The molecule has 0 saturated heterocycles. The Kier molecular flexibility index (Phi) is 37.7. The zero-order valence-corrected chi connectivity index (χ0v) is 15.2. The molecule has 4 N–H and O–H groups in total. The molecule has 0 aromatic heterocycles. The van der Waals surface area contributed by atoms with Gasteiger partial charge in [0.2, 0.25) is 0 Å². The molecule has 122 valence electrons. The van der Waals surface area contributed by atoms with Crippen molar-refractivity contribution in [3.05, 3.63) is 0 Å². The van der Waals surface area contributed by atoms with Crippen LogP contribution in [0, 0.1) is 0 Å². The van der Waals surface area contributed by atoms with Crippen LogP contribution in [-0.4, -0.2) is 42.2 Å². The smallest absolute Gasteiger partial charge is 0.156 e. The molecule has 20 heavy (non-hydrogen) atoms. The highest BCUT2D eigenvalue weighted by molar-refractivity contribution is 7.80. The van der Waals surface area contributed by atoms with E-state index in [1.807, 2.05) is 20.8 Å². The molecule has 0 aromatic carbocycles. The minimum absolute atomic E-state index is 0.0880. The molecular formula is C13H28O4S3. The Bertz CT molecular complexity index is 198. The van der Waals surface area contributed by atoms with Gasteiger partial charge in [0.1, 0.15) is 0 Å². The normalized spacial score (nSPS) is 7.65. The van der Waals surface area contributed by atoms with E-state index >= 15 is 0 Å². The summed E-state index contributed by atoms with van der Waals surface area (Å²) < 4.78 is 0. The van der Waals surface area contributed by atoms with Crippen LogP contribution < -0.4 is 0 Å². The summed E-state index contributed by atoms with van der Waals surface area (Å²) in [7, 11) is 0. The molecule has 0 rings (SSSR count). The van der Waals surface area contributed by atoms with Gasteiger partial charge in [-0.05, 0) is 43.1 Å². The summed E-state index contributed by atoms with van der Waals surface area (Å²) in [6, 6.07) is 0. The minimum Gasteiger partial charge on any atom is -0.502 e. The lowest BCUT2D eigenvalue weighted by Crippen LogP contribution is -1.82. The third-order valence-electron chi connectivity index (χ3n) is 1.42. The number of aliphatic hydroxyl groups is 4. The van der Waals surface area contributed by atoms with E-state index in [1.54, 1.807) is 0 Å². The molecule has 0 aliphatic carbocycles. The van der Waals surface area contributed by atoms with Crippen LogP contribution in [-0.2, 0) is 0 Å². The van der Waals surface area contributed by atoms with Crippen LogP contribution in [0.3, 0.4) is 0 Å². The van der Waals surface area contributed by atoms with Gasteiger partial charge in [0, 0.05) is 25.9 Å². The van der Waals surface area contributed by atoms with Crippen molar-refractivity contribution in [2.24, 2.45) is 0 Å². The molecule has 0 aromatic rings. The Morgan fingerprint density at radius 2 is 0.900 bits per heavy atom. The van der Waals surface area contributed by atoms with Crippen molar-refractivity contribution < 1.29 is 20.4 Å². The fraction of sp³-hybridized carbons (Fsp3) is 0.769. The maximum Gasteiger partial charge on any atom is 0.156 e. The number of hydrogen-bond donors (Lipinski definition) is 4. The molecule has 0 heterocycles. The van der Waals surface area contributed by atoms with Crippen LogP contribution in [0.1, 0.15) is 59.8 Å². The van der Waals surface area contributed by atoms with E-state index in [9.17, 15) is 0 Å². The van der Waals surface area contributed by atoms with Gasteiger partial charge in [0.15, 0.2) is 15.2 Å². The molecule has 0 bridgehead atoms. The number of unbranched alkanes of at least 4 members (excludes halogenated alkanes) is 1. The van der Waals surface area contributed by atoms with Gasteiger partial charge in [-0.25, -0.2) is 0 Å². The molecule has 0 radical (unpaired) electrons. The Hall–Kier alpha value is -0.370. The van der Waals surface area contributed by atoms with Crippen molar-refractivity contribution in [3.8, 4) is 0 Å². The molecule has 0 saturated carbocycles. The van der Waals surface area contributed by atoms with Crippen molar-refractivity contribution in [2.75, 3.05) is 6.61 Å². The topological polar surface area (TPSA) is 80.9 Å². The molecular weight excluding hydrogens is 316 g/mol. The van der Waals surface area contributed by atoms with Crippen LogP contribution in [0.4, 0.5) is 0 Å². The van der Waals surface area contributed by atoms with Crippen molar-refractivity contribution >= 4 is 51.8 Å². The van der Waals surface area contributed by atoms with Gasteiger partial charge >= 0.3 is 0 Å². The highest BCUT2D eigenvalue weighted by Crippen LogP contribution is 1.79. The van der Waals surface area contributed by atoms with E-state index < -0.39 is 0 Å². The van der Waals surface area contributed by atoms with Crippen molar-refractivity contribution in [1.82, 2.24) is 0 Å². The summed E-state index contributed by atoms with van der Waals surface area (Å²) in [5.74, 6) is 0. The standard InChI is InChI=1S/C4H10O.3C3H6OS/c1-2-3-4-5;3*1-2-3(4)5/h5H,2-4H2,1H3;3*2H2,1H3,(H,4,5). The van der Waals surface area contributed by atoms with Gasteiger partial charge in [-0.15, -0.1) is 0 Å².